The van der Waals surface area contributed by atoms with Crippen LogP contribution in [-0.2, 0) is 0 Å². The average molecular weight is 240 g/mol. The van der Waals surface area contributed by atoms with Crippen LogP contribution in [0, 0.1) is 0 Å². The van der Waals surface area contributed by atoms with E-state index in [1.165, 1.54) is 12.8 Å². The van der Waals surface area contributed by atoms with Crippen LogP contribution in [-0.4, -0.2) is 26.3 Å². The third kappa shape index (κ3) is 1.69. The highest BCUT2D eigenvalue weighted by atomic mass is 35.5. The number of fused-ring (bicyclic) bond motifs is 1. The Kier molecular flexibility index (Phi) is 2.56. The van der Waals surface area contributed by atoms with Gasteiger partial charge in [-0.1, -0.05) is 11.6 Å². The Bertz CT molecular complexity index is 402. The van der Waals surface area contributed by atoms with Crippen LogP contribution in [0.25, 0.3) is 0 Å². The maximum absolute atomic E-state index is 6.26. The molecule has 2 heterocycles. The van der Waals surface area contributed by atoms with Crippen LogP contribution in [0.2, 0.25) is 5.02 Å². The monoisotopic (exact) mass is 239 g/mol. The highest BCUT2D eigenvalue weighted by Gasteiger charge is 2.20. The van der Waals surface area contributed by atoms with Crippen molar-refractivity contribution in [1.82, 2.24) is 0 Å². The molecule has 3 nitrogen and oxygen atoms in total. The van der Waals surface area contributed by atoms with E-state index in [1.807, 2.05) is 12.1 Å². The summed E-state index contributed by atoms with van der Waals surface area (Å²) in [5, 5.41) is 0.756. The van der Waals surface area contributed by atoms with Gasteiger partial charge >= 0.3 is 0 Å². The summed E-state index contributed by atoms with van der Waals surface area (Å²) in [5.74, 6) is 1.58. The van der Waals surface area contributed by atoms with Gasteiger partial charge in [-0.05, 0) is 12.8 Å². The number of benzene rings is 1. The maximum Gasteiger partial charge on any atom is 0.163 e. The molecule has 0 N–H and O–H groups in total. The highest BCUT2D eigenvalue weighted by molar-refractivity contribution is 6.33. The summed E-state index contributed by atoms with van der Waals surface area (Å²) in [6.45, 7) is 3.39. The van der Waals surface area contributed by atoms with E-state index in [0.29, 0.717) is 13.2 Å². The molecule has 3 rings (SSSR count). The smallest absolute Gasteiger partial charge is 0.163 e. The summed E-state index contributed by atoms with van der Waals surface area (Å²) in [6, 6.07) is 3.87. The molecule has 4 heteroatoms. The topological polar surface area (TPSA) is 21.7 Å². The molecule has 0 aliphatic carbocycles. The van der Waals surface area contributed by atoms with Crippen molar-refractivity contribution in [3.63, 3.8) is 0 Å². The molecule has 1 aromatic carbocycles. The summed E-state index contributed by atoms with van der Waals surface area (Å²) >= 11 is 6.26. The molecule has 0 saturated carbocycles. The molecule has 0 aromatic heterocycles. The lowest BCUT2D eigenvalue weighted by molar-refractivity contribution is 0.171. The molecule has 0 spiro atoms. The zero-order valence-electron chi connectivity index (χ0n) is 9.04. The molecule has 2 aliphatic rings. The molecule has 0 amide bonds. The van der Waals surface area contributed by atoms with Gasteiger partial charge in [-0.3, -0.25) is 0 Å². The van der Waals surface area contributed by atoms with Crippen molar-refractivity contribution in [3.05, 3.63) is 17.2 Å². The SMILES string of the molecule is Clc1cc2c(cc1N1CCCC1)OCCO2. The van der Waals surface area contributed by atoms with Crippen molar-refractivity contribution < 1.29 is 9.47 Å². The summed E-state index contributed by atoms with van der Waals surface area (Å²) in [7, 11) is 0. The first-order valence-electron chi connectivity index (χ1n) is 5.69. The van der Waals surface area contributed by atoms with Gasteiger partial charge in [-0.2, -0.15) is 0 Å². The summed E-state index contributed by atoms with van der Waals surface area (Å²) < 4.78 is 11.1. The van der Waals surface area contributed by atoms with E-state index < -0.39 is 0 Å². The van der Waals surface area contributed by atoms with Crippen molar-refractivity contribution >= 4 is 17.3 Å². The van der Waals surface area contributed by atoms with Gasteiger partial charge in [-0.25, -0.2) is 0 Å². The molecule has 1 saturated heterocycles. The van der Waals surface area contributed by atoms with Gasteiger partial charge in [0.2, 0.25) is 0 Å². The summed E-state index contributed by atoms with van der Waals surface area (Å²) in [4.78, 5) is 2.31. The highest BCUT2D eigenvalue weighted by Crippen LogP contribution is 2.40. The maximum atomic E-state index is 6.26. The molecular weight excluding hydrogens is 226 g/mol. The molecule has 86 valence electrons. The molecule has 0 bridgehead atoms. The van der Waals surface area contributed by atoms with E-state index in [9.17, 15) is 0 Å². The van der Waals surface area contributed by atoms with Crippen LogP contribution >= 0.6 is 11.6 Å². The van der Waals surface area contributed by atoms with Gasteiger partial charge in [0.1, 0.15) is 13.2 Å². The van der Waals surface area contributed by atoms with Gasteiger partial charge in [0.05, 0.1) is 10.7 Å². The largest absolute Gasteiger partial charge is 0.486 e. The first-order valence-corrected chi connectivity index (χ1v) is 6.06. The van der Waals surface area contributed by atoms with Gasteiger partial charge in [-0.15, -0.1) is 0 Å². The van der Waals surface area contributed by atoms with Crippen molar-refractivity contribution in [2.75, 3.05) is 31.2 Å². The Morgan fingerprint density at radius 2 is 1.62 bits per heavy atom. The third-order valence-corrected chi connectivity index (χ3v) is 3.36. The van der Waals surface area contributed by atoms with Crippen LogP contribution in [0.3, 0.4) is 0 Å². The van der Waals surface area contributed by atoms with E-state index in [2.05, 4.69) is 4.90 Å². The van der Waals surface area contributed by atoms with Crippen molar-refractivity contribution in [3.8, 4) is 11.5 Å². The molecule has 1 fully saturated rings. The number of halogens is 1. The van der Waals surface area contributed by atoms with Gasteiger partial charge in [0.15, 0.2) is 11.5 Å². The predicted molar refractivity (Wildman–Crippen MR) is 63.9 cm³/mol. The second kappa shape index (κ2) is 4.06. The quantitative estimate of drug-likeness (QED) is 0.752. The number of anilines is 1. The molecule has 1 aromatic rings. The standard InChI is InChI=1S/C12H14ClNO2/c13-9-7-11-12(16-6-5-15-11)8-10(9)14-3-1-2-4-14/h7-8H,1-6H2. The Morgan fingerprint density at radius 3 is 2.31 bits per heavy atom. The fourth-order valence-electron chi connectivity index (χ4n) is 2.25. The third-order valence-electron chi connectivity index (χ3n) is 3.06. The fourth-order valence-corrected chi connectivity index (χ4v) is 2.53. The minimum absolute atomic E-state index is 0.604. The lowest BCUT2D eigenvalue weighted by Gasteiger charge is -2.24. The first kappa shape index (κ1) is 10.1. The molecule has 2 aliphatic heterocycles. The number of rotatable bonds is 1. The van der Waals surface area contributed by atoms with Crippen LogP contribution in [0.15, 0.2) is 12.1 Å². The number of ether oxygens (including phenoxy) is 2. The Labute approximate surface area is 99.9 Å². The summed E-state index contributed by atoms with van der Waals surface area (Å²) in [5.41, 5.74) is 1.07. The zero-order chi connectivity index (χ0) is 11.0. The minimum atomic E-state index is 0.604. The van der Waals surface area contributed by atoms with Crippen molar-refractivity contribution in [1.29, 1.82) is 0 Å². The summed E-state index contributed by atoms with van der Waals surface area (Å²) in [6.07, 6.45) is 2.48. The molecule has 0 unspecified atom stereocenters. The Morgan fingerprint density at radius 1 is 1.00 bits per heavy atom. The fraction of sp³-hybridized carbons (Fsp3) is 0.500. The lowest BCUT2D eigenvalue weighted by Crippen LogP contribution is -2.20. The van der Waals surface area contributed by atoms with E-state index in [0.717, 1.165) is 35.3 Å². The van der Waals surface area contributed by atoms with Crippen molar-refractivity contribution in [2.45, 2.75) is 12.8 Å². The molecule has 0 radical (unpaired) electrons. The van der Waals surface area contributed by atoms with Crippen LogP contribution in [0.1, 0.15) is 12.8 Å². The minimum Gasteiger partial charge on any atom is -0.486 e. The number of hydrogen-bond donors (Lipinski definition) is 0. The van der Waals surface area contributed by atoms with Crippen LogP contribution < -0.4 is 14.4 Å². The number of hydrogen-bond acceptors (Lipinski definition) is 3. The van der Waals surface area contributed by atoms with E-state index in [4.69, 9.17) is 21.1 Å². The zero-order valence-corrected chi connectivity index (χ0v) is 9.79. The first-order chi connectivity index (χ1) is 7.84. The average Bonchev–Trinajstić information content (AvgIpc) is 2.81. The predicted octanol–water partition coefficient (Wildman–Crippen LogP) is 2.71. The van der Waals surface area contributed by atoms with Crippen LogP contribution in [0.4, 0.5) is 5.69 Å². The van der Waals surface area contributed by atoms with Gasteiger partial charge in [0, 0.05) is 25.2 Å². The van der Waals surface area contributed by atoms with E-state index in [-0.39, 0.29) is 0 Å². The molecular formula is C12H14ClNO2. The van der Waals surface area contributed by atoms with E-state index in [1.54, 1.807) is 0 Å². The van der Waals surface area contributed by atoms with Crippen LogP contribution in [0.5, 0.6) is 11.5 Å². The molecule has 16 heavy (non-hydrogen) atoms. The molecule has 0 atom stereocenters. The van der Waals surface area contributed by atoms with Gasteiger partial charge in [0.25, 0.3) is 0 Å². The van der Waals surface area contributed by atoms with Gasteiger partial charge < -0.3 is 14.4 Å². The number of nitrogens with zero attached hydrogens (tertiary/aromatic N) is 1. The Hall–Kier alpha value is -1.09. The second-order valence-electron chi connectivity index (χ2n) is 4.14. The Balaban J connectivity index is 1.98. The van der Waals surface area contributed by atoms with E-state index >= 15 is 0 Å². The normalized spacial score (nSPS) is 18.9. The lowest BCUT2D eigenvalue weighted by atomic mass is 10.2. The van der Waals surface area contributed by atoms with Crippen molar-refractivity contribution in [2.24, 2.45) is 0 Å². The second-order valence-corrected chi connectivity index (χ2v) is 4.55.